The van der Waals surface area contributed by atoms with Gasteiger partial charge in [-0.2, -0.15) is 0 Å². The van der Waals surface area contributed by atoms with Gasteiger partial charge >= 0.3 is 0 Å². The van der Waals surface area contributed by atoms with E-state index in [4.69, 9.17) is 0 Å². The van der Waals surface area contributed by atoms with Crippen LogP contribution in [0.15, 0.2) is 24.3 Å². The lowest BCUT2D eigenvalue weighted by molar-refractivity contribution is -0.126. The van der Waals surface area contributed by atoms with Gasteiger partial charge in [-0.15, -0.1) is 0 Å². The molecule has 3 atom stereocenters. The molecule has 1 nitrogen and oxygen atoms in total. The maximum absolute atomic E-state index is 12.8. The van der Waals surface area contributed by atoms with Crippen molar-refractivity contribution in [3.63, 3.8) is 0 Å². The molecule has 0 unspecified atom stereocenters. The standard InChI is InChI=1S/C20H30O/c1-5-16-7-9-17(10-8-16)13-20(21)19-12-15(4)6-11-18(19)14(2)3/h7-10,14-15,18-19H,5-6,11-13H2,1-4H3/t15-,18+,19-/m1/s1. The van der Waals surface area contributed by atoms with Crippen molar-refractivity contribution in [1.29, 1.82) is 0 Å². The zero-order chi connectivity index (χ0) is 15.4. The van der Waals surface area contributed by atoms with Gasteiger partial charge in [0.1, 0.15) is 5.78 Å². The van der Waals surface area contributed by atoms with Crippen molar-refractivity contribution >= 4 is 5.78 Å². The molecule has 1 saturated carbocycles. The number of benzene rings is 1. The zero-order valence-corrected chi connectivity index (χ0v) is 14.1. The van der Waals surface area contributed by atoms with E-state index in [1.165, 1.54) is 24.0 Å². The zero-order valence-electron chi connectivity index (χ0n) is 14.1. The molecule has 0 radical (unpaired) electrons. The van der Waals surface area contributed by atoms with Crippen LogP contribution in [0.2, 0.25) is 0 Å². The van der Waals surface area contributed by atoms with Crippen LogP contribution in [0.25, 0.3) is 0 Å². The lowest BCUT2D eigenvalue weighted by Gasteiger charge is -2.36. The highest BCUT2D eigenvalue weighted by atomic mass is 16.1. The van der Waals surface area contributed by atoms with Crippen molar-refractivity contribution in [2.24, 2.45) is 23.7 Å². The van der Waals surface area contributed by atoms with E-state index in [0.29, 0.717) is 30.0 Å². The topological polar surface area (TPSA) is 17.1 Å². The van der Waals surface area contributed by atoms with Crippen molar-refractivity contribution in [1.82, 2.24) is 0 Å². The maximum Gasteiger partial charge on any atom is 0.140 e. The molecule has 1 heteroatoms. The highest BCUT2D eigenvalue weighted by molar-refractivity contribution is 5.83. The van der Waals surface area contributed by atoms with E-state index < -0.39 is 0 Å². The molecule has 0 amide bonds. The summed E-state index contributed by atoms with van der Waals surface area (Å²) in [6.45, 7) is 9.01. The van der Waals surface area contributed by atoms with Gasteiger partial charge in [0.15, 0.2) is 0 Å². The van der Waals surface area contributed by atoms with Crippen LogP contribution in [0.5, 0.6) is 0 Å². The number of hydrogen-bond acceptors (Lipinski definition) is 1. The van der Waals surface area contributed by atoms with Crippen LogP contribution >= 0.6 is 0 Å². The molecule has 0 aromatic heterocycles. The maximum atomic E-state index is 12.8. The van der Waals surface area contributed by atoms with E-state index in [2.05, 4.69) is 52.0 Å². The van der Waals surface area contributed by atoms with Crippen molar-refractivity contribution in [2.75, 3.05) is 0 Å². The molecule has 1 aromatic carbocycles. The summed E-state index contributed by atoms with van der Waals surface area (Å²) in [7, 11) is 0. The Morgan fingerprint density at radius 2 is 1.76 bits per heavy atom. The summed E-state index contributed by atoms with van der Waals surface area (Å²) in [6.07, 6.45) is 5.28. The molecule has 21 heavy (non-hydrogen) atoms. The first-order valence-corrected chi connectivity index (χ1v) is 8.61. The molecule has 0 N–H and O–H groups in total. The fourth-order valence-electron chi connectivity index (χ4n) is 3.80. The molecule has 1 aliphatic rings. The Morgan fingerprint density at radius 3 is 2.33 bits per heavy atom. The van der Waals surface area contributed by atoms with Gasteiger partial charge in [0.05, 0.1) is 0 Å². The molecule has 116 valence electrons. The monoisotopic (exact) mass is 286 g/mol. The first-order valence-electron chi connectivity index (χ1n) is 8.61. The van der Waals surface area contributed by atoms with Gasteiger partial charge in [0.2, 0.25) is 0 Å². The Hall–Kier alpha value is -1.11. The predicted molar refractivity (Wildman–Crippen MR) is 89.4 cm³/mol. The second kappa shape index (κ2) is 7.24. The molecule has 0 aliphatic heterocycles. The largest absolute Gasteiger partial charge is 0.299 e. The van der Waals surface area contributed by atoms with Crippen LogP contribution in [0.4, 0.5) is 0 Å². The molecule has 0 spiro atoms. The Labute approximate surface area is 130 Å². The second-order valence-corrected chi connectivity index (χ2v) is 7.25. The fraction of sp³-hybridized carbons (Fsp3) is 0.650. The van der Waals surface area contributed by atoms with Gasteiger partial charge in [-0.05, 0) is 48.1 Å². The van der Waals surface area contributed by atoms with E-state index in [9.17, 15) is 4.79 Å². The highest BCUT2D eigenvalue weighted by Gasteiger charge is 2.34. The van der Waals surface area contributed by atoms with E-state index in [0.717, 1.165) is 12.8 Å². The number of Topliss-reactive ketones (excluding diaryl/α,β-unsaturated/α-hetero) is 1. The highest BCUT2D eigenvalue weighted by Crippen LogP contribution is 2.38. The first-order chi connectivity index (χ1) is 10.0. The lowest BCUT2D eigenvalue weighted by Crippen LogP contribution is -2.34. The Balaban J connectivity index is 2.05. The van der Waals surface area contributed by atoms with Gasteiger partial charge in [-0.1, -0.05) is 58.4 Å². The average molecular weight is 286 g/mol. The molecular weight excluding hydrogens is 256 g/mol. The van der Waals surface area contributed by atoms with Gasteiger partial charge in [0.25, 0.3) is 0 Å². The number of hydrogen-bond donors (Lipinski definition) is 0. The molecule has 0 heterocycles. The summed E-state index contributed by atoms with van der Waals surface area (Å²) in [5.41, 5.74) is 2.52. The van der Waals surface area contributed by atoms with Crippen LogP contribution in [0, 0.1) is 23.7 Å². The van der Waals surface area contributed by atoms with Crippen molar-refractivity contribution in [3.05, 3.63) is 35.4 Å². The Morgan fingerprint density at radius 1 is 1.14 bits per heavy atom. The molecule has 0 saturated heterocycles. The summed E-state index contributed by atoms with van der Waals surface area (Å²) < 4.78 is 0. The van der Waals surface area contributed by atoms with Crippen molar-refractivity contribution < 1.29 is 4.79 Å². The lowest BCUT2D eigenvalue weighted by atomic mass is 9.68. The minimum absolute atomic E-state index is 0.277. The third kappa shape index (κ3) is 4.18. The van der Waals surface area contributed by atoms with Gasteiger partial charge < -0.3 is 0 Å². The predicted octanol–water partition coefficient (Wildman–Crippen LogP) is 5.07. The first kappa shape index (κ1) is 16.3. The fourth-order valence-corrected chi connectivity index (χ4v) is 3.80. The normalized spacial score (nSPS) is 26.0. The quantitative estimate of drug-likeness (QED) is 0.738. The van der Waals surface area contributed by atoms with Crippen molar-refractivity contribution in [2.45, 2.75) is 59.8 Å². The number of aryl methyl sites for hydroxylation is 1. The summed E-state index contributed by atoms with van der Waals surface area (Å²) in [5.74, 6) is 2.65. The molecule has 1 aromatic rings. The Kier molecular flexibility index (Phi) is 5.61. The van der Waals surface area contributed by atoms with Crippen LogP contribution in [0.3, 0.4) is 0 Å². The summed E-state index contributed by atoms with van der Waals surface area (Å²) in [5, 5.41) is 0. The number of rotatable bonds is 5. The van der Waals surface area contributed by atoms with Gasteiger partial charge in [0, 0.05) is 12.3 Å². The number of carbonyl (C=O) groups is 1. The minimum Gasteiger partial charge on any atom is -0.299 e. The van der Waals surface area contributed by atoms with Crippen LogP contribution in [-0.4, -0.2) is 5.78 Å². The van der Waals surface area contributed by atoms with Gasteiger partial charge in [-0.3, -0.25) is 4.79 Å². The van der Waals surface area contributed by atoms with E-state index >= 15 is 0 Å². The average Bonchev–Trinajstić information content (AvgIpc) is 2.47. The second-order valence-electron chi connectivity index (χ2n) is 7.25. The van der Waals surface area contributed by atoms with Crippen LogP contribution < -0.4 is 0 Å². The summed E-state index contributed by atoms with van der Waals surface area (Å²) in [6, 6.07) is 8.58. The molecule has 2 rings (SSSR count). The molecule has 0 bridgehead atoms. The third-order valence-corrected chi connectivity index (χ3v) is 5.25. The van der Waals surface area contributed by atoms with Crippen LogP contribution in [0.1, 0.15) is 58.1 Å². The molecule has 1 fully saturated rings. The van der Waals surface area contributed by atoms with Gasteiger partial charge in [-0.25, -0.2) is 0 Å². The summed E-state index contributed by atoms with van der Waals surface area (Å²) in [4.78, 5) is 12.8. The van der Waals surface area contributed by atoms with E-state index in [1.807, 2.05) is 0 Å². The van der Waals surface area contributed by atoms with Crippen LogP contribution in [-0.2, 0) is 17.6 Å². The SMILES string of the molecule is CCc1ccc(CC(=O)[C@@H]2C[C@H](C)CC[C@H]2C(C)C)cc1. The third-order valence-electron chi connectivity index (χ3n) is 5.25. The van der Waals surface area contributed by atoms with Crippen molar-refractivity contribution in [3.8, 4) is 0 Å². The molecular formula is C20H30O. The number of carbonyl (C=O) groups excluding carboxylic acids is 1. The van der Waals surface area contributed by atoms with E-state index in [-0.39, 0.29) is 5.92 Å². The van der Waals surface area contributed by atoms with E-state index in [1.54, 1.807) is 0 Å². The molecule has 1 aliphatic carbocycles. The minimum atomic E-state index is 0.277. The smallest absolute Gasteiger partial charge is 0.140 e. The Bertz CT molecular complexity index is 457. The summed E-state index contributed by atoms with van der Waals surface area (Å²) >= 11 is 0. The number of ketones is 1.